The number of ether oxygens (including phenoxy) is 1. The van der Waals surface area contributed by atoms with Crippen LogP contribution in [0.5, 0.6) is 0 Å². The normalized spacial score (nSPS) is 14.9. The molecule has 8 heteroatoms. The highest BCUT2D eigenvalue weighted by molar-refractivity contribution is 7.10. The molecule has 0 unspecified atom stereocenters. The van der Waals surface area contributed by atoms with Crippen LogP contribution in [0.2, 0.25) is 0 Å². The molecule has 34 heavy (non-hydrogen) atoms. The van der Waals surface area contributed by atoms with Crippen LogP contribution in [0.25, 0.3) is 0 Å². The number of furan rings is 1. The van der Waals surface area contributed by atoms with Crippen LogP contribution in [-0.2, 0) is 9.53 Å². The third-order valence-electron chi connectivity index (χ3n) is 5.88. The summed E-state index contributed by atoms with van der Waals surface area (Å²) in [4.78, 5) is 41.6. The first-order valence-corrected chi connectivity index (χ1v) is 12.4. The van der Waals surface area contributed by atoms with Gasteiger partial charge in [-0.2, -0.15) is 0 Å². The predicted molar refractivity (Wildman–Crippen MR) is 130 cm³/mol. The van der Waals surface area contributed by atoms with E-state index in [0.29, 0.717) is 11.3 Å². The van der Waals surface area contributed by atoms with Gasteiger partial charge in [-0.05, 0) is 67.6 Å². The summed E-state index contributed by atoms with van der Waals surface area (Å²) in [5.74, 6) is -0.987. The number of benzene rings is 1. The highest BCUT2D eigenvalue weighted by Crippen LogP contribution is 2.33. The maximum absolute atomic E-state index is 13.7. The highest BCUT2D eigenvalue weighted by Gasteiger charge is 2.36. The van der Waals surface area contributed by atoms with Gasteiger partial charge in [0.25, 0.3) is 5.91 Å². The van der Waals surface area contributed by atoms with Gasteiger partial charge >= 0.3 is 5.97 Å². The Kier molecular flexibility index (Phi) is 7.80. The van der Waals surface area contributed by atoms with Crippen LogP contribution in [0.1, 0.15) is 70.9 Å². The Morgan fingerprint density at radius 2 is 1.85 bits per heavy atom. The van der Waals surface area contributed by atoms with E-state index in [1.807, 2.05) is 17.5 Å². The fraction of sp³-hybridized carbons (Fsp3) is 0.346. The van der Waals surface area contributed by atoms with Crippen molar-refractivity contribution in [1.82, 2.24) is 5.32 Å². The van der Waals surface area contributed by atoms with Crippen molar-refractivity contribution in [3.8, 4) is 0 Å². The molecule has 0 spiro atoms. The number of carbonyl (C=O) groups is 3. The summed E-state index contributed by atoms with van der Waals surface area (Å²) in [7, 11) is 0. The number of thiophene rings is 1. The molecule has 0 aliphatic heterocycles. The number of hydrogen-bond donors (Lipinski definition) is 1. The molecule has 1 aromatic carbocycles. The second-order valence-electron chi connectivity index (χ2n) is 8.18. The van der Waals surface area contributed by atoms with Crippen molar-refractivity contribution < 1.29 is 23.5 Å². The first-order valence-electron chi connectivity index (χ1n) is 11.6. The molecule has 1 fully saturated rings. The topological polar surface area (TPSA) is 88.8 Å². The van der Waals surface area contributed by atoms with Crippen molar-refractivity contribution in [3.63, 3.8) is 0 Å². The smallest absolute Gasteiger partial charge is 0.338 e. The van der Waals surface area contributed by atoms with Gasteiger partial charge in [0, 0.05) is 16.6 Å². The van der Waals surface area contributed by atoms with Crippen LogP contribution in [0.3, 0.4) is 0 Å². The van der Waals surface area contributed by atoms with Crippen LogP contribution in [-0.4, -0.2) is 30.4 Å². The molecule has 0 saturated heterocycles. The van der Waals surface area contributed by atoms with Gasteiger partial charge in [-0.3, -0.25) is 14.5 Å². The first-order chi connectivity index (χ1) is 16.6. The number of hydrogen-bond acceptors (Lipinski definition) is 6. The zero-order valence-electron chi connectivity index (χ0n) is 19.1. The largest absolute Gasteiger partial charge is 0.462 e. The Balaban J connectivity index is 1.72. The minimum Gasteiger partial charge on any atom is -0.462 e. The number of amides is 2. The second kappa shape index (κ2) is 11.2. The van der Waals surface area contributed by atoms with E-state index in [0.717, 1.165) is 30.6 Å². The molecular weight excluding hydrogens is 452 g/mol. The summed E-state index contributed by atoms with van der Waals surface area (Å²) in [6, 6.07) is 12.6. The zero-order chi connectivity index (χ0) is 23.9. The molecule has 1 aliphatic rings. The van der Waals surface area contributed by atoms with Crippen molar-refractivity contribution in [2.45, 2.75) is 51.1 Å². The SMILES string of the molecule is CCOC(=O)c1ccc(N(C(=O)c2ccco2)[C@H](C(=O)NC2CCCCC2)c2cccs2)cc1. The number of esters is 1. The Morgan fingerprint density at radius 1 is 1.09 bits per heavy atom. The van der Waals surface area contributed by atoms with Crippen LogP contribution < -0.4 is 10.2 Å². The lowest BCUT2D eigenvalue weighted by Gasteiger charge is -2.32. The van der Waals surface area contributed by atoms with Crippen molar-refractivity contribution in [1.29, 1.82) is 0 Å². The van der Waals surface area contributed by atoms with Gasteiger partial charge in [0.15, 0.2) is 11.8 Å². The first kappa shape index (κ1) is 23.8. The summed E-state index contributed by atoms with van der Waals surface area (Å²) < 4.78 is 10.5. The molecular formula is C26H28N2O5S. The molecule has 1 saturated carbocycles. The van der Waals surface area contributed by atoms with Crippen molar-refractivity contribution in [2.75, 3.05) is 11.5 Å². The van der Waals surface area contributed by atoms with Gasteiger partial charge in [-0.25, -0.2) is 4.79 Å². The molecule has 7 nitrogen and oxygen atoms in total. The summed E-state index contributed by atoms with van der Waals surface area (Å²) in [5.41, 5.74) is 0.849. The summed E-state index contributed by atoms with van der Waals surface area (Å²) in [6.07, 6.45) is 6.64. The van der Waals surface area contributed by atoms with E-state index in [4.69, 9.17) is 9.15 Å². The number of carbonyl (C=O) groups excluding carboxylic acids is 3. The number of nitrogens with one attached hydrogen (secondary N) is 1. The second-order valence-corrected chi connectivity index (χ2v) is 9.16. The van der Waals surface area contributed by atoms with Gasteiger partial charge in [0.05, 0.1) is 18.4 Å². The Bertz CT molecular complexity index is 1090. The average molecular weight is 481 g/mol. The maximum Gasteiger partial charge on any atom is 0.338 e. The number of rotatable bonds is 8. The Labute approximate surface area is 202 Å². The molecule has 2 heterocycles. The summed E-state index contributed by atoms with van der Waals surface area (Å²) >= 11 is 1.41. The van der Waals surface area contributed by atoms with E-state index in [1.54, 1.807) is 43.3 Å². The lowest BCUT2D eigenvalue weighted by atomic mass is 9.95. The number of nitrogens with zero attached hydrogens (tertiary/aromatic N) is 1. The van der Waals surface area contributed by atoms with Crippen LogP contribution >= 0.6 is 11.3 Å². The van der Waals surface area contributed by atoms with E-state index < -0.39 is 17.9 Å². The molecule has 0 radical (unpaired) electrons. The van der Waals surface area contributed by atoms with Crippen molar-refractivity contribution in [3.05, 3.63) is 76.4 Å². The monoisotopic (exact) mass is 480 g/mol. The van der Waals surface area contributed by atoms with Gasteiger partial charge < -0.3 is 14.5 Å². The molecule has 1 N–H and O–H groups in total. The Hall–Kier alpha value is -3.39. The standard InChI is InChI=1S/C26H28N2O5S/c1-2-32-26(31)18-12-14-20(15-13-18)28(25(30)21-10-6-16-33-21)23(22-11-7-17-34-22)24(29)27-19-8-4-3-5-9-19/h6-7,10-17,19,23H,2-5,8-9H2,1H3,(H,27,29)/t23-/m0/s1. The van der Waals surface area contributed by atoms with Gasteiger partial charge in [-0.1, -0.05) is 25.3 Å². The molecule has 4 rings (SSSR count). The molecule has 1 aliphatic carbocycles. The lowest BCUT2D eigenvalue weighted by molar-refractivity contribution is -0.123. The number of anilines is 1. The van der Waals surface area contributed by atoms with E-state index in [2.05, 4.69) is 5.32 Å². The van der Waals surface area contributed by atoms with Crippen molar-refractivity contribution >= 4 is 34.8 Å². The molecule has 3 aromatic rings. The highest BCUT2D eigenvalue weighted by atomic mass is 32.1. The zero-order valence-corrected chi connectivity index (χ0v) is 19.9. The third-order valence-corrected chi connectivity index (χ3v) is 6.80. The molecule has 178 valence electrons. The van der Waals surface area contributed by atoms with Crippen LogP contribution in [0.15, 0.2) is 64.6 Å². The van der Waals surface area contributed by atoms with E-state index in [-0.39, 0.29) is 24.3 Å². The predicted octanol–water partition coefficient (Wildman–Crippen LogP) is 5.35. The maximum atomic E-state index is 13.7. The Morgan fingerprint density at radius 3 is 2.47 bits per heavy atom. The third kappa shape index (κ3) is 5.39. The van der Waals surface area contributed by atoms with Gasteiger partial charge in [0.2, 0.25) is 5.91 Å². The summed E-state index contributed by atoms with van der Waals surface area (Å²) in [6.45, 7) is 2.01. The van der Waals surface area contributed by atoms with Gasteiger partial charge in [0.1, 0.15) is 0 Å². The quantitative estimate of drug-likeness (QED) is 0.439. The van der Waals surface area contributed by atoms with Crippen molar-refractivity contribution in [2.24, 2.45) is 0 Å². The van der Waals surface area contributed by atoms with E-state index in [9.17, 15) is 14.4 Å². The molecule has 2 amide bonds. The van der Waals surface area contributed by atoms with E-state index >= 15 is 0 Å². The minimum absolute atomic E-state index is 0.0930. The molecule has 0 bridgehead atoms. The van der Waals surface area contributed by atoms with E-state index in [1.165, 1.54) is 28.9 Å². The van der Waals surface area contributed by atoms with Crippen LogP contribution in [0, 0.1) is 0 Å². The minimum atomic E-state index is -0.882. The average Bonchev–Trinajstić information content (AvgIpc) is 3.58. The summed E-state index contributed by atoms with van der Waals surface area (Å²) in [5, 5.41) is 5.06. The molecule has 2 aromatic heterocycles. The molecule has 1 atom stereocenters. The lowest BCUT2D eigenvalue weighted by Crippen LogP contribution is -2.47. The fourth-order valence-electron chi connectivity index (χ4n) is 4.22. The fourth-order valence-corrected chi connectivity index (χ4v) is 5.04. The van der Waals surface area contributed by atoms with Gasteiger partial charge in [-0.15, -0.1) is 11.3 Å². The van der Waals surface area contributed by atoms with Crippen LogP contribution in [0.4, 0.5) is 5.69 Å².